The molecule has 0 unspecified atom stereocenters. The van der Waals surface area contributed by atoms with Gasteiger partial charge < -0.3 is 19.7 Å². The quantitative estimate of drug-likeness (QED) is 0.376. The number of aromatic amines is 1. The average Bonchev–Trinajstić information content (AvgIpc) is 3.44. The van der Waals surface area contributed by atoms with Gasteiger partial charge in [-0.1, -0.05) is 54.6 Å². The number of phenols is 1. The predicted octanol–water partition coefficient (Wildman–Crippen LogP) is 6.07. The zero-order chi connectivity index (χ0) is 24.1. The van der Waals surface area contributed by atoms with Crippen LogP contribution in [0.3, 0.4) is 0 Å². The van der Waals surface area contributed by atoms with Gasteiger partial charge in [0.15, 0.2) is 11.5 Å². The van der Waals surface area contributed by atoms with Crippen molar-refractivity contribution in [1.82, 2.24) is 9.88 Å². The zero-order valence-corrected chi connectivity index (χ0v) is 20.8. The molecule has 182 valence electrons. The number of likely N-dealkylation sites (N-methyl/N-ethyl adjacent to an activating group) is 1. The highest BCUT2D eigenvalue weighted by Gasteiger charge is 2.72. The highest BCUT2D eigenvalue weighted by atomic mass is 16.5. The van der Waals surface area contributed by atoms with Crippen molar-refractivity contribution in [2.24, 2.45) is 5.41 Å². The summed E-state index contributed by atoms with van der Waals surface area (Å²) in [4.78, 5) is 6.43. The summed E-state index contributed by atoms with van der Waals surface area (Å²) in [5, 5.41) is 12.3. The molecule has 4 aromatic rings. The van der Waals surface area contributed by atoms with E-state index < -0.39 is 0 Å². The van der Waals surface area contributed by atoms with Crippen LogP contribution in [0.2, 0.25) is 0 Å². The summed E-state index contributed by atoms with van der Waals surface area (Å²) in [7, 11) is 2.33. The number of aromatic nitrogens is 1. The molecule has 4 nitrogen and oxygen atoms in total. The number of hydrogen-bond donors (Lipinski definition) is 2. The molecule has 3 heterocycles. The molecule has 1 aromatic heterocycles. The summed E-state index contributed by atoms with van der Waals surface area (Å²) in [5.41, 5.74) is 7.93. The van der Waals surface area contributed by atoms with Crippen molar-refractivity contribution < 1.29 is 9.84 Å². The second kappa shape index (κ2) is 7.17. The van der Waals surface area contributed by atoms with E-state index in [-0.39, 0.29) is 16.9 Å². The van der Waals surface area contributed by atoms with Crippen LogP contribution in [-0.2, 0) is 24.7 Å². The first-order valence-electron chi connectivity index (χ1n) is 13.5. The van der Waals surface area contributed by atoms with Crippen molar-refractivity contribution >= 4 is 10.9 Å². The topological polar surface area (TPSA) is 48.5 Å². The number of H-pyrrole nitrogens is 1. The van der Waals surface area contributed by atoms with Gasteiger partial charge in [0, 0.05) is 27.9 Å². The molecule has 2 N–H and O–H groups in total. The Kier molecular flexibility index (Phi) is 4.16. The number of ether oxygens (including phenoxy) is 1. The first-order chi connectivity index (χ1) is 17.6. The van der Waals surface area contributed by atoms with Crippen molar-refractivity contribution in [3.8, 4) is 11.5 Å². The minimum Gasteiger partial charge on any atom is -0.504 e. The highest BCUT2D eigenvalue weighted by Crippen LogP contribution is 2.73. The number of benzene rings is 3. The first kappa shape index (κ1) is 20.9. The maximum atomic E-state index is 11.0. The van der Waals surface area contributed by atoms with Crippen LogP contribution in [0, 0.1) is 5.41 Å². The number of phenolic OH excluding ortho intramolecular Hbond substituents is 1. The van der Waals surface area contributed by atoms with E-state index in [1.165, 1.54) is 38.9 Å². The van der Waals surface area contributed by atoms with Crippen molar-refractivity contribution in [2.45, 2.75) is 56.1 Å². The van der Waals surface area contributed by atoms with E-state index in [0.29, 0.717) is 11.8 Å². The largest absolute Gasteiger partial charge is 0.504 e. The zero-order valence-electron chi connectivity index (χ0n) is 20.8. The Morgan fingerprint density at radius 3 is 2.78 bits per heavy atom. The number of likely N-dealkylation sites (tertiary alicyclic amines) is 1. The molecule has 4 heteroatoms. The van der Waals surface area contributed by atoms with E-state index in [9.17, 15) is 5.11 Å². The molecule has 0 radical (unpaired) electrons. The van der Waals surface area contributed by atoms with Crippen molar-refractivity contribution in [2.75, 3.05) is 13.6 Å². The van der Waals surface area contributed by atoms with Crippen LogP contribution >= 0.6 is 0 Å². The van der Waals surface area contributed by atoms with Crippen molar-refractivity contribution in [3.63, 3.8) is 0 Å². The Balaban J connectivity index is 1.36. The summed E-state index contributed by atoms with van der Waals surface area (Å²) in [5.74, 6) is 1.05. The number of aryl methyl sites for hydroxylation is 1. The van der Waals surface area contributed by atoms with Crippen molar-refractivity contribution in [3.05, 3.63) is 94.7 Å². The van der Waals surface area contributed by atoms with Gasteiger partial charge >= 0.3 is 0 Å². The van der Waals surface area contributed by atoms with Crippen LogP contribution in [-0.4, -0.2) is 34.6 Å². The number of fused-ring (bicyclic) bond motifs is 4. The van der Waals surface area contributed by atoms with Crippen LogP contribution in [0.1, 0.15) is 53.3 Å². The summed E-state index contributed by atoms with van der Waals surface area (Å²) < 4.78 is 6.89. The van der Waals surface area contributed by atoms with Gasteiger partial charge in [0.25, 0.3) is 0 Å². The first-order valence-corrected chi connectivity index (χ1v) is 13.5. The van der Waals surface area contributed by atoms with E-state index in [4.69, 9.17) is 4.74 Å². The number of aromatic hydroxyl groups is 1. The van der Waals surface area contributed by atoms with E-state index in [0.717, 1.165) is 50.8 Å². The summed E-state index contributed by atoms with van der Waals surface area (Å²) in [6, 6.07) is 24.1. The molecule has 2 bridgehead atoms. The molecule has 3 aromatic carbocycles. The Hall–Kier alpha value is -3.24. The second-order valence-corrected chi connectivity index (χ2v) is 11.6. The summed E-state index contributed by atoms with van der Waals surface area (Å²) >= 11 is 0. The van der Waals surface area contributed by atoms with E-state index in [1.807, 2.05) is 6.07 Å². The van der Waals surface area contributed by atoms with Gasteiger partial charge in [0.1, 0.15) is 6.10 Å². The second-order valence-electron chi connectivity index (χ2n) is 11.6. The molecule has 8 rings (SSSR count). The molecule has 36 heavy (non-hydrogen) atoms. The number of para-hydroxylation sites is 1. The van der Waals surface area contributed by atoms with Crippen LogP contribution < -0.4 is 4.74 Å². The fraction of sp³-hybridized carbons (Fsp3) is 0.375. The monoisotopic (exact) mass is 476 g/mol. The van der Waals surface area contributed by atoms with Crippen LogP contribution in [0.15, 0.2) is 66.7 Å². The van der Waals surface area contributed by atoms with E-state index in [2.05, 4.69) is 77.6 Å². The molecule has 1 fully saturated rings. The molecule has 4 atom stereocenters. The molecule has 1 spiro atoms. The number of nitrogens with one attached hydrogen (secondary N) is 1. The third-order valence-corrected chi connectivity index (χ3v) is 10.2. The maximum absolute atomic E-state index is 11.0. The molecular weight excluding hydrogens is 444 g/mol. The average molecular weight is 477 g/mol. The number of hydrogen-bond acceptors (Lipinski definition) is 3. The standard InChI is InChI=1S/C32H32N2O2/c1-34-17-16-32-27-21-13-14-25(35)29(27)36-30(32)28-23(22-11-5-6-12-24(22)33-28)19-31(32,26(34)18-21)15-7-10-20-8-3-2-4-9-20/h2-6,8-9,11-14,26,30,33,35H,7,10,15-19H2,1H3/t26-,30-,31-,32-/m0/s1. The number of nitrogens with zero attached hydrogens (tertiary/aromatic N) is 1. The van der Waals surface area contributed by atoms with Crippen LogP contribution in [0.25, 0.3) is 10.9 Å². The Bertz CT molecular complexity index is 1510. The van der Waals surface area contributed by atoms with E-state index >= 15 is 0 Å². The Morgan fingerprint density at radius 2 is 1.89 bits per heavy atom. The highest BCUT2D eigenvalue weighted by molar-refractivity contribution is 5.86. The number of rotatable bonds is 4. The number of piperidine rings is 1. The lowest BCUT2D eigenvalue weighted by Gasteiger charge is -2.65. The SMILES string of the molecule is CN1CC[C@]23c4c5ccc(O)c4O[C@H]2c2[nH]c4ccccc4c2C[C@@]3(CCCc2ccccc2)[C@@H]1C5. The molecule has 2 aliphatic heterocycles. The van der Waals surface area contributed by atoms with Crippen LogP contribution in [0.5, 0.6) is 11.5 Å². The van der Waals surface area contributed by atoms with Crippen LogP contribution in [0.4, 0.5) is 0 Å². The van der Waals surface area contributed by atoms with Gasteiger partial charge in [0.05, 0.1) is 11.1 Å². The lowest BCUT2D eigenvalue weighted by molar-refractivity contribution is -0.107. The molecule has 4 aliphatic rings. The van der Waals surface area contributed by atoms with E-state index in [1.54, 1.807) is 0 Å². The van der Waals surface area contributed by atoms with Gasteiger partial charge in [-0.3, -0.25) is 0 Å². The molecule has 1 saturated heterocycles. The maximum Gasteiger partial charge on any atom is 0.166 e. The van der Waals surface area contributed by atoms with Crippen molar-refractivity contribution in [1.29, 1.82) is 0 Å². The third-order valence-electron chi connectivity index (χ3n) is 10.2. The van der Waals surface area contributed by atoms with Gasteiger partial charge in [-0.2, -0.15) is 0 Å². The fourth-order valence-corrected chi connectivity index (χ4v) is 8.80. The molecule has 0 saturated carbocycles. The molecule has 0 amide bonds. The Labute approximate surface area is 211 Å². The minimum absolute atomic E-state index is 0.0590. The summed E-state index contributed by atoms with van der Waals surface area (Å²) in [6.07, 6.45) is 6.48. The smallest absolute Gasteiger partial charge is 0.166 e. The Morgan fingerprint density at radius 1 is 1.06 bits per heavy atom. The predicted molar refractivity (Wildman–Crippen MR) is 142 cm³/mol. The fourth-order valence-electron chi connectivity index (χ4n) is 8.80. The van der Waals surface area contributed by atoms with Gasteiger partial charge in [-0.05, 0) is 80.9 Å². The van der Waals surface area contributed by atoms with Gasteiger partial charge in [0.2, 0.25) is 0 Å². The molecular formula is C32H32N2O2. The minimum atomic E-state index is -0.115. The van der Waals surface area contributed by atoms with Gasteiger partial charge in [-0.15, -0.1) is 0 Å². The molecule has 2 aliphatic carbocycles. The normalized spacial score (nSPS) is 29.6. The van der Waals surface area contributed by atoms with Gasteiger partial charge in [-0.25, -0.2) is 0 Å². The lowest BCUT2D eigenvalue weighted by Crippen LogP contribution is -2.69. The third kappa shape index (κ3) is 2.44. The summed E-state index contributed by atoms with van der Waals surface area (Å²) in [6.45, 7) is 1.06. The lowest BCUT2D eigenvalue weighted by atomic mass is 9.42.